The number of thioether (sulfide) groups is 1. The first-order chi connectivity index (χ1) is 16.1. The monoisotopic (exact) mass is 474 g/mol. The molecule has 1 unspecified atom stereocenters. The van der Waals surface area contributed by atoms with E-state index in [1.165, 1.54) is 28.9 Å². The number of fused-ring (bicyclic) bond motifs is 1. The third-order valence-electron chi connectivity index (χ3n) is 5.35. The van der Waals surface area contributed by atoms with E-state index in [9.17, 15) is 14.9 Å². The van der Waals surface area contributed by atoms with E-state index in [-0.39, 0.29) is 23.4 Å². The molecule has 0 bridgehead atoms. The number of aromatic nitrogens is 1. The molecule has 3 aromatic carbocycles. The van der Waals surface area contributed by atoms with Crippen molar-refractivity contribution in [1.29, 1.82) is 0 Å². The number of thiazole rings is 1. The van der Waals surface area contributed by atoms with Crippen molar-refractivity contribution in [2.45, 2.75) is 16.8 Å². The summed E-state index contributed by atoms with van der Waals surface area (Å²) in [6.07, 6.45) is 0.541. The number of para-hydroxylation sites is 1. The van der Waals surface area contributed by atoms with Gasteiger partial charge < -0.3 is 0 Å². The van der Waals surface area contributed by atoms with Crippen LogP contribution in [0.1, 0.15) is 23.6 Å². The largest absolute Gasteiger partial charge is 0.272 e. The predicted octanol–water partition coefficient (Wildman–Crippen LogP) is 5.67. The number of rotatable bonds is 6. The molecule has 0 saturated carbocycles. The van der Waals surface area contributed by atoms with Gasteiger partial charge in [0.05, 0.1) is 32.6 Å². The second kappa shape index (κ2) is 9.13. The molecule has 1 amide bonds. The lowest BCUT2D eigenvalue weighted by molar-refractivity contribution is -0.384. The van der Waals surface area contributed by atoms with Crippen molar-refractivity contribution >= 4 is 50.6 Å². The molecule has 0 N–H and O–H groups in total. The lowest BCUT2D eigenvalue weighted by Gasteiger charge is -2.21. The Morgan fingerprint density at radius 1 is 1.06 bits per heavy atom. The van der Waals surface area contributed by atoms with Crippen molar-refractivity contribution in [2.75, 3.05) is 5.75 Å². The number of carbonyl (C=O) groups excluding carboxylic acids is 1. The van der Waals surface area contributed by atoms with E-state index in [1.54, 1.807) is 23.5 Å². The highest BCUT2D eigenvalue weighted by Gasteiger charge is 2.33. The minimum atomic E-state index is -0.429. The number of benzene rings is 3. The molecule has 1 aliphatic rings. The van der Waals surface area contributed by atoms with Gasteiger partial charge in [-0.05, 0) is 23.3 Å². The second-order valence-electron chi connectivity index (χ2n) is 7.46. The maximum absolute atomic E-state index is 13.2. The predicted molar refractivity (Wildman–Crippen MR) is 131 cm³/mol. The summed E-state index contributed by atoms with van der Waals surface area (Å²) in [7, 11) is 0. The van der Waals surface area contributed by atoms with Gasteiger partial charge >= 0.3 is 0 Å². The molecule has 2 heterocycles. The summed E-state index contributed by atoms with van der Waals surface area (Å²) in [5, 5.41) is 17.2. The van der Waals surface area contributed by atoms with Crippen LogP contribution in [0, 0.1) is 10.1 Å². The fourth-order valence-corrected chi connectivity index (χ4v) is 5.65. The number of nitro benzene ring substituents is 1. The molecule has 1 atom stereocenters. The van der Waals surface area contributed by atoms with Gasteiger partial charge in [0.1, 0.15) is 0 Å². The fraction of sp³-hybridized carbons (Fsp3) is 0.125. The van der Waals surface area contributed by atoms with Crippen molar-refractivity contribution in [2.24, 2.45) is 5.10 Å². The molecule has 5 rings (SSSR count). The highest BCUT2D eigenvalue weighted by Crippen LogP contribution is 2.35. The van der Waals surface area contributed by atoms with Gasteiger partial charge in [0.2, 0.25) is 0 Å². The molecule has 1 aromatic heterocycles. The third-order valence-corrected chi connectivity index (χ3v) is 7.52. The van der Waals surface area contributed by atoms with Crippen LogP contribution in [-0.4, -0.2) is 32.3 Å². The van der Waals surface area contributed by atoms with Crippen LogP contribution in [-0.2, 0) is 4.79 Å². The lowest BCUT2D eigenvalue weighted by Crippen LogP contribution is -2.28. The van der Waals surface area contributed by atoms with Crippen LogP contribution < -0.4 is 0 Å². The Labute approximate surface area is 197 Å². The van der Waals surface area contributed by atoms with Gasteiger partial charge in [0.25, 0.3) is 11.6 Å². The number of nitrogens with zero attached hydrogens (tertiary/aromatic N) is 4. The molecule has 0 saturated heterocycles. The van der Waals surface area contributed by atoms with Crippen LogP contribution in [0.3, 0.4) is 0 Å². The number of nitro groups is 1. The Bertz CT molecular complexity index is 1320. The minimum Gasteiger partial charge on any atom is -0.272 e. The summed E-state index contributed by atoms with van der Waals surface area (Å²) in [5.41, 5.74) is 3.53. The zero-order valence-corrected chi connectivity index (χ0v) is 19.0. The molecule has 0 spiro atoms. The zero-order chi connectivity index (χ0) is 22.8. The first-order valence-electron chi connectivity index (χ1n) is 10.3. The Morgan fingerprint density at radius 2 is 1.79 bits per heavy atom. The summed E-state index contributed by atoms with van der Waals surface area (Å²) in [6.45, 7) is 0. The van der Waals surface area contributed by atoms with E-state index in [4.69, 9.17) is 0 Å². The molecule has 4 aromatic rings. The van der Waals surface area contributed by atoms with Crippen molar-refractivity contribution in [3.63, 3.8) is 0 Å². The number of hydrogen-bond donors (Lipinski definition) is 0. The molecule has 1 aliphatic heterocycles. The van der Waals surface area contributed by atoms with E-state index in [1.807, 2.05) is 54.6 Å². The van der Waals surface area contributed by atoms with Crippen molar-refractivity contribution < 1.29 is 9.72 Å². The molecule has 164 valence electrons. The van der Waals surface area contributed by atoms with Crippen molar-refractivity contribution in [3.8, 4) is 0 Å². The van der Waals surface area contributed by atoms with Gasteiger partial charge in [-0.25, -0.2) is 9.99 Å². The maximum atomic E-state index is 13.2. The Balaban J connectivity index is 1.39. The number of hydrazone groups is 1. The van der Waals surface area contributed by atoms with E-state index in [2.05, 4.69) is 10.1 Å². The van der Waals surface area contributed by atoms with Crippen LogP contribution in [0.2, 0.25) is 0 Å². The van der Waals surface area contributed by atoms with Crippen LogP contribution >= 0.6 is 23.1 Å². The summed E-state index contributed by atoms with van der Waals surface area (Å²) in [5.74, 6) is 0.0723. The molecule has 33 heavy (non-hydrogen) atoms. The second-order valence-corrected chi connectivity index (χ2v) is 9.71. The molecular formula is C24H18N4O3S2. The third kappa shape index (κ3) is 4.50. The molecule has 7 nitrogen and oxygen atoms in total. The summed E-state index contributed by atoms with van der Waals surface area (Å²) >= 11 is 2.96. The highest BCUT2D eigenvalue weighted by atomic mass is 32.2. The first kappa shape index (κ1) is 21.3. The summed E-state index contributed by atoms with van der Waals surface area (Å²) < 4.78 is 1.92. The number of amides is 1. The van der Waals surface area contributed by atoms with E-state index in [0.29, 0.717) is 6.42 Å². The van der Waals surface area contributed by atoms with Crippen molar-refractivity contribution in [3.05, 3.63) is 100 Å². The SMILES string of the molecule is O=C(CSc1nc2ccccc2s1)N1N=C(c2ccccc2)CC1c1ccc([N+](=O)[O-])cc1. The fourth-order valence-electron chi connectivity index (χ4n) is 3.73. The van der Waals surface area contributed by atoms with Gasteiger partial charge in [-0.2, -0.15) is 5.10 Å². The van der Waals surface area contributed by atoms with Gasteiger partial charge in [0.15, 0.2) is 4.34 Å². The molecular weight excluding hydrogens is 456 g/mol. The van der Waals surface area contributed by atoms with Gasteiger partial charge in [-0.1, -0.05) is 66.4 Å². The van der Waals surface area contributed by atoms with Gasteiger partial charge in [-0.15, -0.1) is 11.3 Å². The van der Waals surface area contributed by atoms with E-state index >= 15 is 0 Å². The quantitative estimate of drug-likeness (QED) is 0.204. The average Bonchev–Trinajstić information content (AvgIpc) is 3.48. The van der Waals surface area contributed by atoms with Gasteiger partial charge in [0, 0.05) is 18.6 Å². The Morgan fingerprint density at radius 3 is 2.52 bits per heavy atom. The lowest BCUT2D eigenvalue weighted by atomic mass is 9.98. The van der Waals surface area contributed by atoms with E-state index < -0.39 is 4.92 Å². The van der Waals surface area contributed by atoms with E-state index in [0.717, 1.165) is 31.4 Å². The molecule has 0 fully saturated rings. The molecule has 0 aliphatic carbocycles. The topological polar surface area (TPSA) is 88.7 Å². The summed E-state index contributed by atoms with van der Waals surface area (Å²) in [6, 6.07) is 23.7. The number of carbonyl (C=O) groups is 1. The van der Waals surface area contributed by atoms with Crippen LogP contribution in [0.4, 0.5) is 5.69 Å². The van der Waals surface area contributed by atoms with Crippen LogP contribution in [0.25, 0.3) is 10.2 Å². The normalized spacial score (nSPS) is 15.6. The van der Waals surface area contributed by atoms with Crippen molar-refractivity contribution in [1.82, 2.24) is 9.99 Å². The minimum absolute atomic E-state index is 0.0187. The number of non-ortho nitro benzene ring substituents is 1. The van der Waals surface area contributed by atoms with Gasteiger partial charge in [-0.3, -0.25) is 14.9 Å². The smallest absolute Gasteiger partial charge is 0.269 e. The number of hydrogen-bond acceptors (Lipinski definition) is 7. The van der Waals surface area contributed by atoms with Crippen LogP contribution in [0.15, 0.2) is 88.3 Å². The Kier molecular flexibility index (Phi) is 5.89. The highest BCUT2D eigenvalue weighted by molar-refractivity contribution is 8.01. The molecule has 9 heteroatoms. The zero-order valence-electron chi connectivity index (χ0n) is 17.3. The molecule has 0 radical (unpaired) electrons. The summed E-state index contributed by atoms with van der Waals surface area (Å²) in [4.78, 5) is 28.4. The first-order valence-corrected chi connectivity index (χ1v) is 12.1. The Hall–Kier alpha value is -3.56. The maximum Gasteiger partial charge on any atom is 0.269 e. The average molecular weight is 475 g/mol. The van der Waals surface area contributed by atoms with Crippen LogP contribution in [0.5, 0.6) is 0 Å². The standard InChI is InChI=1S/C24H18N4O3S2/c29-23(15-32-24-25-19-8-4-5-9-22(19)33-24)27-21(17-10-12-18(13-11-17)28(30)31)14-20(26-27)16-6-2-1-3-7-16/h1-13,21H,14-15H2.